The molecule has 1 heterocycles. The number of hydrogen-bond donors (Lipinski definition) is 0. The van der Waals surface area contributed by atoms with Gasteiger partial charge in [0.2, 0.25) is 0 Å². The van der Waals surface area contributed by atoms with Gasteiger partial charge in [0.05, 0.1) is 0 Å². The zero-order valence-electron chi connectivity index (χ0n) is 22.1. The van der Waals surface area contributed by atoms with Gasteiger partial charge in [0.25, 0.3) is 0 Å². The van der Waals surface area contributed by atoms with Gasteiger partial charge in [0.15, 0.2) is 0 Å². The van der Waals surface area contributed by atoms with Crippen molar-refractivity contribution < 1.29 is 4.74 Å². The molecule has 0 aromatic heterocycles. The van der Waals surface area contributed by atoms with Crippen molar-refractivity contribution in [2.24, 2.45) is 11.8 Å². The average Bonchev–Trinajstić information content (AvgIpc) is 3.57. The van der Waals surface area contributed by atoms with Crippen molar-refractivity contribution in [1.29, 1.82) is 0 Å². The van der Waals surface area contributed by atoms with E-state index in [0.29, 0.717) is 23.6 Å². The van der Waals surface area contributed by atoms with Crippen molar-refractivity contribution in [3.05, 3.63) is 121 Å². The van der Waals surface area contributed by atoms with Crippen LogP contribution >= 0.6 is 14.3 Å². The first-order valence-corrected chi connectivity index (χ1v) is 19.2. The van der Waals surface area contributed by atoms with Crippen LogP contribution < -0.4 is 21.2 Å². The van der Waals surface area contributed by atoms with Gasteiger partial charge < -0.3 is 0 Å². The first-order valence-electron chi connectivity index (χ1n) is 13.9. The number of fused-ring (bicyclic) bond motifs is 1. The Morgan fingerprint density at radius 3 is 1.51 bits per heavy atom. The maximum absolute atomic E-state index is 6.47. The second kappa shape index (κ2) is 10.5. The van der Waals surface area contributed by atoms with Crippen LogP contribution in [-0.4, -0.2) is 39.7 Å². The fraction of sp³-hybridized carbons (Fsp3) is 0.250. The van der Waals surface area contributed by atoms with E-state index < -0.39 is 14.3 Å². The number of hydrogen-bond acceptors (Lipinski definition) is 1. The molecule has 0 amide bonds. The Bertz CT molecular complexity index is 1220. The van der Waals surface area contributed by atoms with Crippen LogP contribution in [-0.2, 0) is 4.74 Å². The molecule has 6 rings (SSSR count). The van der Waals surface area contributed by atoms with Gasteiger partial charge in [-0.15, -0.1) is 0 Å². The summed E-state index contributed by atoms with van der Waals surface area (Å²) in [6.45, 7) is 0.933. The Labute approximate surface area is 225 Å². The number of benzene rings is 4. The summed E-state index contributed by atoms with van der Waals surface area (Å²) in [7, 11) is 1.24. The van der Waals surface area contributed by atoms with Gasteiger partial charge >= 0.3 is 226 Å². The molecule has 37 heavy (non-hydrogen) atoms. The van der Waals surface area contributed by atoms with Crippen LogP contribution in [0.3, 0.4) is 0 Å². The summed E-state index contributed by atoms with van der Waals surface area (Å²) < 4.78 is 6.47. The van der Waals surface area contributed by atoms with Gasteiger partial charge in [0.1, 0.15) is 0 Å². The van der Waals surface area contributed by atoms with E-state index in [1.165, 1.54) is 19.0 Å². The molecule has 1 nitrogen and oxygen atoms in total. The van der Waals surface area contributed by atoms with E-state index in [-0.39, 0.29) is 0 Å². The van der Waals surface area contributed by atoms with E-state index in [4.69, 9.17) is 4.74 Å². The first-order chi connectivity index (χ1) is 18.1. The SMILES string of the molecule is B[PH](C[C@H]1[C@@H]2CCO[C@@H]2C[C@H]1[PH](B)(c1ccccc1)c1ccccc1)(c1ccccc1)c1ccccc1. The van der Waals surface area contributed by atoms with Crippen molar-refractivity contribution in [3.8, 4) is 0 Å². The molecule has 1 saturated heterocycles. The van der Waals surface area contributed by atoms with Gasteiger partial charge in [-0.05, 0) is 0 Å². The molecule has 2 aliphatic rings. The fourth-order valence-corrected chi connectivity index (χ4v) is 17.0. The van der Waals surface area contributed by atoms with E-state index in [1.54, 1.807) is 21.2 Å². The molecule has 188 valence electrons. The molecule has 0 bridgehead atoms. The Balaban J connectivity index is 1.49. The molecule has 4 atom stereocenters. The molecule has 2 fully saturated rings. The van der Waals surface area contributed by atoms with Crippen LogP contribution in [0, 0.1) is 11.8 Å². The van der Waals surface area contributed by atoms with Crippen LogP contribution in [0.5, 0.6) is 0 Å². The predicted molar refractivity (Wildman–Crippen MR) is 173 cm³/mol. The van der Waals surface area contributed by atoms with Crippen molar-refractivity contribution in [2.75, 3.05) is 12.8 Å². The summed E-state index contributed by atoms with van der Waals surface area (Å²) in [5.74, 6) is 1.34. The van der Waals surface area contributed by atoms with Crippen molar-refractivity contribution in [2.45, 2.75) is 24.6 Å². The van der Waals surface area contributed by atoms with Crippen molar-refractivity contribution in [3.63, 3.8) is 0 Å². The van der Waals surface area contributed by atoms with Crippen molar-refractivity contribution in [1.82, 2.24) is 0 Å². The summed E-state index contributed by atoms with van der Waals surface area (Å²) in [5.41, 5.74) is 0.659. The monoisotopic (exact) mass is 522 g/mol. The molecule has 1 aliphatic carbocycles. The molecule has 0 N–H and O–H groups in total. The Morgan fingerprint density at radius 2 is 1.05 bits per heavy atom. The zero-order chi connectivity index (χ0) is 25.3. The maximum atomic E-state index is 6.47. The molecular weight excluding hydrogens is 484 g/mol. The summed E-state index contributed by atoms with van der Waals surface area (Å²) in [6.07, 6.45) is 4.13. The minimum atomic E-state index is -2.06. The Morgan fingerprint density at radius 1 is 0.622 bits per heavy atom. The fourth-order valence-electron chi connectivity index (χ4n) is 7.73. The molecule has 5 heteroatoms. The summed E-state index contributed by atoms with van der Waals surface area (Å²) in [4.78, 5) is 0. The molecule has 1 saturated carbocycles. The van der Waals surface area contributed by atoms with Crippen LogP contribution in [0.2, 0.25) is 0 Å². The Kier molecular flexibility index (Phi) is 7.15. The average molecular weight is 522 g/mol. The van der Waals surface area contributed by atoms with Crippen LogP contribution in [0.15, 0.2) is 121 Å². The molecular formula is C32H38B2OP2. The van der Waals surface area contributed by atoms with E-state index in [1.807, 2.05) is 0 Å². The van der Waals surface area contributed by atoms with E-state index in [9.17, 15) is 0 Å². The van der Waals surface area contributed by atoms with E-state index in [0.717, 1.165) is 6.61 Å². The molecule has 1 aliphatic heterocycles. The normalized spacial score (nSPS) is 24.4. The third kappa shape index (κ3) is 4.55. The number of rotatable bonds is 7. The van der Waals surface area contributed by atoms with Gasteiger partial charge in [-0.3, -0.25) is 0 Å². The predicted octanol–water partition coefficient (Wildman–Crippen LogP) is 3.68. The van der Waals surface area contributed by atoms with Crippen molar-refractivity contribution >= 4 is 50.6 Å². The summed E-state index contributed by atoms with van der Waals surface area (Å²) in [6, 6.07) is 45.9. The molecule has 0 unspecified atom stereocenters. The molecule has 0 radical (unpaired) electrons. The first kappa shape index (κ1) is 25.1. The molecule has 4 aromatic carbocycles. The summed E-state index contributed by atoms with van der Waals surface area (Å²) >= 11 is 0. The van der Waals surface area contributed by atoms with Crippen LogP contribution in [0.25, 0.3) is 0 Å². The third-order valence-electron chi connectivity index (χ3n) is 9.77. The van der Waals surface area contributed by atoms with Crippen LogP contribution in [0.4, 0.5) is 0 Å². The Hall–Kier alpha value is -2.17. The molecule has 4 aromatic rings. The van der Waals surface area contributed by atoms with E-state index in [2.05, 4.69) is 136 Å². The minimum absolute atomic E-state index is 0.416. The third-order valence-corrected chi connectivity index (χ3v) is 19.5. The second-order valence-electron chi connectivity index (χ2n) is 11.6. The summed E-state index contributed by atoms with van der Waals surface area (Å²) in [5, 5.41) is 6.26. The van der Waals surface area contributed by atoms with Gasteiger partial charge in [0, 0.05) is 0 Å². The van der Waals surface area contributed by atoms with Gasteiger partial charge in [-0.1, -0.05) is 0 Å². The molecule has 0 spiro atoms. The van der Waals surface area contributed by atoms with Gasteiger partial charge in [-0.2, -0.15) is 0 Å². The standard InChI is InChI=1S/C32H38B2OP2/c33-36(25-13-5-1-6-14-25,26-15-7-2-8-16-26)24-30-29-21-22-35-31(29)23-32(30)37(34,27-17-9-3-10-18-27)28-19-11-4-12-20-28/h1-20,29-32,36-37H,21-24,33-34H2/t29-,30-,31+,32+/m0/s1. The van der Waals surface area contributed by atoms with Crippen LogP contribution in [0.1, 0.15) is 12.8 Å². The quantitative estimate of drug-likeness (QED) is 0.266. The topological polar surface area (TPSA) is 9.23 Å². The number of ether oxygens (including phenoxy) is 1. The van der Waals surface area contributed by atoms with Gasteiger partial charge in [-0.25, -0.2) is 0 Å². The second-order valence-corrected chi connectivity index (χ2v) is 20.1. The zero-order valence-corrected chi connectivity index (χ0v) is 24.1. The van der Waals surface area contributed by atoms with E-state index >= 15 is 0 Å².